The van der Waals surface area contributed by atoms with Crippen molar-refractivity contribution >= 4 is 0 Å². The SMILES string of the molecule is CCCn1nccc1C(NN)c1cc(CC)nn1CC. The molecule has 0 spiro atoms. The number of hydrogen-bond acceptors (Lipinski definition) is 4. The van der Waals surface area contributed by atoms with Crippen LogP contribution in [0.15, 0.2) is 18.3 Å². The number of aromatic nitrogens is 4. The quantitative estimate of drug-likeness (QED) is 0.595. The molecule has 110 valence electrons. The average Bonchev–Trinajstić information content (AvgIpc) is 3.08. The highest BCUT2D eigenvalue weighted by Crippen LogP contribution is 2.22. The first kappa shape index (κ1) is 14.7. The van der Waals surface area contributed by atoms with Gasteiger partial charge in [-0.15, -0.1) is 0 Å². The second kappa shape index (κ2) is 6.67. The molecule has 0 radical (unpaired) electrons. The van der Waals surface area contributed by atoms with E-state index in [4.69, 9.17) is 5.84 Å². The molecule has 0 aliphatic carbocycles. The van der Waals surface area contributed by atoms with Gasteiger partial charge in [-0.25, -0.2) is 5.43 Å². The summed E-state index contributed by atoms with van der Waals surface area (Å²) in [5.74, 6) is 5.80. The van der Waals surface area contributed by atoms with Crippen molar-refractivity contribution in [2.24, 2.45) is 5.84 Å². The highest BCUT2D eigenvalue weighted by Gasteiger charge is 2.21. The van der Waals surface area contributed by atoms with Crippen LogP contribution in [0.5, 0.6) is 0 Å². The fourth-order valence-corrected chi connectivity index (χ4v) is 2.45. The number of nitrogens with one attached hydrogen (secondary N) is 1. The van der Waals surface area contributed by atoms with E-state index in [1.54, 1.807) is 0 Å². The van der Waals surface area contributed by atoms with Crippen molar-refractivity contribution in [1.29, 1.82) is 0 Å². The smallest absolute Gasteiger partial charge is 0.105 e. The van der Waals surface area contributed by atoms with Crippen LogP contribution in [-0.2, 0) is 19.5 Å². The third kappa shape index (κ3) is 2.76. The minimum absolute atomic E-state index is 0.0863. The predicted octanol–water partition coefficient (Wildman–Crippen LogP) is 1.62. The number of aryl methyl sites for hydroxylation is 3. The van der Waals surface area contributed by atoms with Gasteiger partial charge in [0.2, 0.25) is 0 Å². The Balaban J connectivity index is 2.41. The molecule has 6 heteroatoms. The van der Waals surface area contributed by atoms with Crippen molar-refractivity contribution in [2.45, 2.75) is 52.7 Å². The standard InChI is InChI=1S/C14H24N6/c1-4-9-20-12(7-8-16-20)14(17-15)13-10-11(5-2)18-19(13)6-3/h7-8,10,14,17H,4-6,9,15H2,1-3H3. The molecule has 1 atom stereocenters. The average molecular weight is 276 g/mol. The molecule has 0 saturated carbocycles. The summed E-state index contributed by atoms with van der Waals surface area (Å²) in [6.45, 7) is 8.06. The van der Waals surface area contributed by atoms with Crippen molar-refractivity contribution in [3.05, 3.63) is 35.4 Å². The van der Waals surface area contributed by atoms with Gasteiger partial charge in [0.05, 0.1) is 17.1 Å². The third-order valence-electron chi connectivity index (χ3n) is 3.47. The number of hydrazine groups is 1. The van der Waals surface area contributed by atoms with Crippen LogP contribution >= 0.6 is 0 Å². The molecular formula is C14H24N6. The van der Waals surface area contributed by atoms with Crippen molar-refractivity contribution in [2.75, 3.05) is 0 Å². The van der Waals surface area contributed by atoms with Crippen LogP contribution in [0.25, 0.3) is 0 Å². The fraction of sp³-hybridized carbons (Fsp3) is 0.571. The van der Waals surface area contributed by atoms with Crippen LogP contribution in [0.1, 0.15) is 50.3 Å². The lowest BCUT2D eigenvalue weighted by atomic mass is 10.1. The summed E-state index contributed by atoms with van der Waals surface area (Å²) in [5.41, 5.74) is 6.16. The van der Waals surface area contributed by atoms with Crippen molar-refractivity contribution in [3.8, 4) is 0 Å². The molecular weight excluding hydrogens is 252 g/mol. The zero-order valence-corrected chi connectivity index (χ0v) is 12.5. The Labute approximate surface area is 119 Å². The molecule has 2 heterocycles. The summed E-state index contributed by atoms with van der Waals surface area (Å²) in [7, 11) is 0. The van der Waals surface area contributed by atoms with E-state index >= 15 is 0 Å². The summed E-state index contributed by atoms with van der Waals surface area (Å²) in [4.78, 5) is 0. The van der Waals surface area contributed by atoms with E-state index in [1.807, 2.05) is 21.6 Å². The van der Waals surface area contributed by atoms with E-state index in [0.717, 1.165) is 43.0 Å². The van der Waals surface area contributed by atoms with Crippen LogP contribution in [0.3, 0.4) is 0 Å². The summed E-state index contributed by atoms with van der Waals surface area (Å²) in [5, 5.41) is 8.97. The molecule has 2 rings (SSSR count). The number of nitrogens with zero attached hydrogens (tertiary/aromatic N) is 4. The molecule has 1 unspecified atom stereocenters. The van der Waals surface area contributed by atoms with Gasteiger partial charge < -0.3 is 0 Å². The Morgan fingerprint density at radius 2 is 2.05 bits per heavy atom. The number of nitrogens with two attached hydrogens (primary N) is 1. The van der Waals surface area contributed by atoms with Gasteiger partial charge in [0.15, 0.2) is 0 Å². The van der Waals surface area contributed by atoms with Gasteiger partial charge in [0.25, 0.3) is 0 Å². The van der Waals surface area contributed by atoms with Crippen molar-refractivity contribution in [3.63, 3.8) is 0 Å². The fourth-order valence-electron chi connectivity index (χ4n) is 2.45. The molecule has 0 fully saturated rings. The van der Waals surface area contributed by atoms with Crippen LogP contribution in [0.4, 0.5) is 0 Å². The number of rotatable bonds is 7. The van der Waals surface area contributed by atoms with Crippen LogP contribution in [0.2, 0.25) is 0 Å². The lowest BCUT2D eigenvalue weighted by Crippen LogP contribution is -2.32. The van der Waals surface area contributed by atoms with Crippen LogP contribution < -0.4 is 11.3 Å². The van der Waals surface area contributed by atoms with E-state index in [1.165, 1.54) is 0 Å². The molecule has 6 nitrogen and oxygen atoms in total. The van der Waals surface area contributed by atoms with Gasteiger partial charge in [-0.05, 0) is 31.9 Å². The second-order valence-electron chi connectivity index (χ2n) is 4.81. The molecule has 0 aromatic carbocycles. The molecule has 2 aromatic rings. The zero-order chi connectivity index (χ0) is 14.5. The molecule has 0 bridgehead atoms. The monoisotopic (exact) mass is 276 g/mol. The Hall–Kier alpha value is -1.66. The Morgan fingerprint density at radius 3 is 2.65 bits per heavy atom. The number of hydrogen-bond donors (Lipinski definition) is 2. The van der Waals surface area contributed by atoms with E-state index < -0.39 is 0 Å². The molecule has 2 aromatic heterocycles. The first-order chi connectivity index (χ1) is 9.74. The molecule has 0 aliphatic rings. The summed E-state index contributed by atoms with van der Waals surface area (Å²) in [6, 6.07) is 4.05. The lowest BCUT2D eigenvalue weighted by molar-refractivity contribution is 0.489. The van der Waals surface area contributed by atoms with E-state index in [2.05, 4.69) is 42.5 Å². The highest BCUT2D eigenvalue weighted by molar-refractivity contribution is 5.24. The maximum Gasteiger partial charge on any atom is 0.105 e. The molecule has 0 amide bonds. The molecule has 0 aliphatic heterocycles. The first-order valence-corrected chi connectivity index (χ1v) is 7.29. The Morgan fingerprint density at radius 1 is 1.25 bits per heavy atom. The third-order valence-corrected chi connectivity index (χ3v) is 3.47. The summed E-state index contributed by atoms with van der Waals surface area (Å²) >= 11 is 0. The summed E-state index contributed by atoms with van der Waals surface area (Å²) < 4.78 is 4.01. The van der Waals surface area contributed by atoms with Crippen LogP contribution in [0, 0.1) is 0 Å². The molecule has 20 heavy (non-hydrogen) atoms. The normalized spacial score (nSPS) is 12.8. The van der Waals surface area contributed by atoms with Crippen molar-refractivity contribution < 1.29 is 0 Å². The second-order valence-corrected chi connectivity index (χ2v) is 4.81. The van der Waals surface area contributed by atoms with Gasteiger partial charge in [0.1, 0.15) is 6.04 Å². The minimum atomic E-state index is -0.0863. The summed E-state index contributed by atoms with van der Waals surface area (Å²) in [6.07, 6.45) is 3.79. The Kier molecular flexibility index (Phi) is 4.92. The van der Waals surface area contributed by atoms with E-state index in [0.29, 0.717) is 0 Å². The highest BCUT2D eigenvalue weighted by atomic mass is 15.3. The maximum absolute atomic E-state index is 5.80. The molecule has 3 N–H and O–H groups in total. The lowest BCUT2D eigenvalue weighted by Gasteiger charge is -2.18. The van der Waals surface area contributed by atoms with Crippen molar-refractivity contribution in [1.82, 2.24) is 25.0 Å². The van der Waals surface area contributed by atoms with Gasteiger partial charge in [-0.3, -0.25) is 15.2 Å². The van der Waals surface area contributed by atoms with Crippen LogP contribution in [-0.4, -0.2) is 19.6 Å². The predicted molar refractivity (Wildman–Crippen MR) is 79.0 cm³/mol. The van der Waals surface area contributed by atoms with Gasteiger partial charge >= 0.3 is 0 Å². The van der Waals surface area contributed by atoms with E-state index in [-0.39, 0.29) is 6.04 Å². The van der Waals surface area contributed by atoms with Gasteiger partial charge in [0, 0.05) is 19.3 Å². The first-order valence-electron chi connectivity index (χ1n) is 7.29. The molecule has 0 saturated heterocycles. The Bertz CT molecular complexity index is 542. The van der Waals surface area contributed by atoms with E-state index in [9.17, 15) is 0 Å². The topological polar surface area (TPSA) is 73.7 Å². The zero-order valence-electron chi connectivity index (χ0n) is 12.5. The van der Waals surface area contributed by atoms with Gasteiger partial charge in [-0.1, -0.05) is 13.8 Å². The largest absolute Gasteiger partial charge is 0.270 e. The maximum atomic E-state index is 5.80. The minimum Gasteiger partial charge on any atom is -0.270 e. The van der Waals surface area contributed by atoms with Gasteiger partial charge in [-0.2, -0.15) is 10.2 Å².